The number of para-hydroxylation sites is 1. The van der Waals surface area contributed by atoms with Gasteiger partial charge in [-0.05, 0) is 77.9 Å². The van der Waals surface area contributed by atoms with E-state index in [1.807, 2.05) is 60.7 Å². The summed E-state index contributed by atoms with van der Waals surface area (Å²) >= 11 is 0. The third-order valence-corrected chi connectivity index (χ3v) is 14.3. The average Bonchev–Trinajstić information content (AvgIpc) is 3.62. The first kappa shape index (κ1) is 33.5. The molecular formula is C51H36N4S. The van der Waals surface area contributed by atoms with Gasteiger partial charge in [0.2, 0.25) is 5.95 Å². The second-order valence-corrected chi connectivity index (χ2v) is 16.8. The summed E-state index contributed by atoms with van der Waals surface area (Å²) in [6, 6.07) is 77.7. The Hall–Kier alpha value is -7.08. The average molecular weight is 737 g/mol. The van der Waals surface area contributed by atoms with Gasteiger partial charge in [0.15, 0.2) is 11.6 Å². The summed E-state index contributed by atoms with van der Waals surface area (Å²) in [7, 11) is -1.77. The smallest absolute Gasteiger partial charge is 0.238 e. The lowest BCUT2D eigenvalue weighted by Crippen LogP contribution is -2.06. The lowest BCUT2D eigenvalue weighted by molar-refractivity contribution is 0.953. The Morgan fingerprint density at radius 1 is 0.304 bits per heavy atom. The molecule has 0 radical (unpaired) electrons. The largest absolute Gasteiger partial charge is 0.278 e. The van der Waals surface area contributed by atoms with Gasteiger partial charge in [0.1, 0.15) is 0 Å². The summed E-state index contributed by atoms with van der Waals surface area (Å²) in [5.41, 5.74) is 6.28. The zero-order chi connectivity index (χ0) is 37.3. The normalized spacial score (nSPS) is 11.9. The van der Waals surface area contributed by atoms with Crippen molar-refractivity contribution in [2.24, 2.45) is 0 Å². The summed E-state index contributed by atoms with van der Waals surface area (Å²) in [6.07, 6.45) is 0. The minimum Gasteiger partial charge on any atom is -0.278 e. The first-order valence-electron chi connectivity index (χ1n) is 18.8. The van der Waals surface area contributed by atoms with Gasteiger partial charge in [0.05, 0.1) is 11.0 Å². The molecule has 0 unspecified atom stereocenters. The van der Waals surface area contributed by atoms with E-state index in [4.69, 9.17) is 15.0 Å². The Morgan fingerprint density at radius 2 is 0.714 bits per heavy atom. The van der Waals surface area contributed by atoms with Gasteiger partial charge in [-0.3, -0.25) is 4.57 Å². The van der Waals surface area contributed by atoms with Crippen LogP contribution < -0.4 is 0 Å². The van der Waals surface area contributed by atoms with E-state index in [9.17, 15) is 0 Å². The molecule has 266 valence electrons. The molecule has 8 aromatic carbocycles. The maximum atomic E-state index is 5.10. The van der Waals surface area contributed by atoms with Crippen molar-refractivity contribution in [1.82, 2.24) is 19.5 Å². The van der Waals surface area contributed by atoms with Gasteiger partial charge in [0, 0.05) is 41.5 Å². The molecule has 10 rings (SSSR count). The summed E-state index contributed by atoms with van der Waals surface area (Å²) in [4.78, 5) is 20.4. The van der Waals surface area contributed by atoms with Crippen molar-refractivity contribution < 1.29 is 0 Å². The van der Waals surface area contributed by atoms with Crippen molar-refractivity contribution in [3.05, 3.63) is 218 Å². The van der Waals surface area contributed by atoms with Crippen molar-refractivity contribution in [2.45, 2.75) is 19.6 Å². The van der Waals surface area contributed by atoms with E-state index in [0.717, 1.165) is 44.1 Å². The molecular weight excluding hydrogens is 701 g/mol. The summed E-state index contributed by atoms with van der Waals surface area (Å²) in [5.74, 6) is 1.86. The van der Waals surface area contributed by atoms with Crippen LogP contribution in [0, 0.1) is 0 Å². The van der Waals surface area contributed by atoms with Crippen molar-refractivity contribution >= 4 is 31.8 Å². The zero-order valence-electron chi connectivity index (χ0n) is 30.5. The molecule has 10 aromatic rings. The number of hydrogen-bond acceptors (Lipinski definition) is 3. The van der Waals surface area contributed by atoms with E-state index in [1.165, 1.54) is 19.6 Å². The van der Waals surface area contributed by atoms with Gasteiger partial charge in [0.25, 0.3) is 0 Å². The van der Waals surface area contributed by atoms with E-state index in [2.05, 4.69) is 162 Å². The molecule has 0 aliphatic heterocycles. The molecule has 0 aliphatic carbocycles. The molecule has 2 aromatic heterocycles. The van der Waals surface area contributed by atoms with Gasteiger partial charge in [-0.25, -0.2) is 4.98 Å². The van der Waals surface area contributed by atoms with Crippen molar-refractivity contribution in [2.75, 3.05) is 0 Å². The van der Waals surface area contributed by atoms with E-state index >= 15 is 0 Å². The highest BCUT2D eigenvalue weighted by molar-refractivity contribution is 8.34. The molecule has 0 saturated heterocycles. The first-order valence-corrected chi connectivity index (χ1v) is 20.4. The summed E-state index contributed by atoms with van der Waals surface area (Å²) < 4.78 is 2.18. The van der Waals surface area contributed by atoms with Gasteiger partial charge in [-0.15, -0.1) is 10.0 Å². The van der Waals surface area contributed by atoms with E-state index in [-0.39, 0.29) is 0 Å². The molecule has 0 aliphatic rings. The Balaban J connectivity index is 1.12. The summed E-state index contributed by atoms with van der Waals surface area (Å²) in [6.45, 7) is 0. The zero-order valence-corrected chi connectivity index (χ0v) is 31.3. The molecule has 2 heterocycles. The van der Waals surface area contributed by atoms with Crippen LogP contribution in [0.3, 0.4) is 0 Å². The number of hydrogen-bond donors (Lipinski definition) is 0. The Morgan fingerprint density at radius 3 is 1.23 bits per heavy atom. The molecule has 0 N–H and O–H groups in total. The van der Waals surface area contributed by atoms with Crippen LogP contribution in [-0.4, -0.2) is 19.5 Å². The number of fused-ring (bicyclic) bond motifs is 3. The quantitative estimate of drug-likeness (QED) is 0.156. The fourth-order valence-corrected chi connectivity index (χ4v) is 11.7. The van der Waals surface area contributed by atoms with Gasteiger partial charge in [-0.1, -0.05) is 152 Å². The van der Waals surface area contributed by atoms with Crippen LogP contribution in [0.5, 0.6) is 0 Å². The minimum atomic E-state index is -1.77. The van der Waals surface area contributed by atoms with E-state index in [1.54, 1.807) is 0 Å². The van der Waals surface area contributed by atoms with Gasteiger partial charge < -0.3 is 0 Å². The molecule has 4 nitrogen and oxygen atoms in total. The molecule has 5 heteroatoms. The third kappa shape index (κ3) is 5.77. The number of nitrogens with zero attached hydrogens (tertiary/aromatic N) is 4. The van der Waals surface area contributed by atoms with Gasteiger partial charge in [-0.2, -0.15) is 9.97 Å². The SMILES string of the molecule is c1ccc(-c2nc(-c3ccccc3)nc(-n3c4ccccc4c4cc(-c5ccc(S(c6ccccc6)(c6ccccc6)c6ccccc6)cc5)ccc43)n2)cc1. The Labute approximate surface area is 327 Å². The predicted octanol–water partition coefficient (Wildman–Crippen LogP) is 13.3. The molecule has 0 bridgehead atoms. The maximum absolute atomic E-state index is 5.10. The second kappa shape index (κ2) is 14.3. The van der Waals surface area contributed by atoms with Crippen LogP contribution in [0.25, 0.3) is 61.7 Å². The molecule has 0 saturated carbocycles. The fraction of sp³-hybridized carbons (Fsp3) is 0. The third-order valence-electron chi connectivity index (χ3n) is 10.4. The van der Waals surface area contributed by atoms with Crippen LogP contribution >= 0.6 is 10.0 Å². The van der Waals surface area contributed by atoms with Crippen LogP contribution in [-0.2, 0) is 0 Å². The lowest BCUT2D eigenvalue weighted by atomic mass is 10.0. The van der Waals surface area contributed by atoms with Crippen molar-refractivity contribution in [3.63, 3.8) is 0 Å². The van der Waals surface area contributed by atoms with E-state index < -0.39 is 10.0 Å². The number of rotatable bonds is 8. The topological polar surface area (TPSA) is 43.6 Å². The highest BCUT2D eigenvalue weighted by Gasteiger charge is 2.33. The molecule has 0 fully saturated rings. The van der Waals surface area contributed by atoms with Crippen LogP contribution in [0.2, 0.25) is 0 Å². The number of aromatic nitrogens is 4. The van der Waals surface area contributed by atoms with Crippen LogP contribution in [0.1, 0.15) is 0 Å². The minimum absolute atomic E-state index is 0.586. The Bertz CT molecular complexity index is 2780. The van der Waals surface area contributed by atoms with E-state index in [0.29, 0.717) is 17.6 Å². The summed E-state index contributed by atoms with van der Waals surface area (Å²) in [5, 5.41) is 2.28. The van der Waals surface area contributed by atoms with Crippen LogP contribution in [0.15, 0.2) is 238 Å². The highest BCUT2D eigenvalue weighted by Crippen LogP contribution is 2.73. The van der Waals surface area contributed by atoms with Crippen molar-refractivity contribution in [1.29, 1.82) is 0 Å². The molecule has 0 spiro atoms. The standard InChI is InChI=1S/C51H36N4S/c1-6-18-38(19-7-1)49-52-50(39-20-8-2-9-21-39)54-51(53-49)55-47-29-17-16-28-45(47)46-36-40(32-35-48(46)55)37-30-33-44(34-31-37)56(41-22-10-3-11-23-41,42-24-12-4-13-25-42)43-26-14-5-15-27-43/h1-36H. The Kier molecular flexibility index (Phi) is 8.55. The first-order chi connectivity index (χ1) is 27.8. The predicted molar refractivity (Wildman–Crippen MR) is 230 cm³/mol. The maximum Gasteiger partial charge on any atom is 0.238 e. The monoisotopic (exact) mass is 736 g/mol. The molecule has 0 atom stereocenters. The highest BCUT2D eigenvalue weighted by atomic mass is 32.3. The van der Waals surface area contributed by atoms with Crippen LogP contribution in [0.4, 0.5) is 0 Å². The molecule has 56 heavy (non-hydrogen) atoms. The second-order valence-electron chi connectivity index (χ2n) is 13.7. The molecule has 0 amide bonds. The lowest BCUT2D eigenvalue weighted by Gasteiger charge is -2.42. The van der Waals surface area contributed by atoms with Crippen molar-refractivity contribution in [3.8, 4) is 39.9 Å². The fourth-order valence-electron chi connectivity index (χ4n) is 7.81. The van der Waals surface area contributed by atoms with Gasteiger partial charge >= 0.3 is 0 Å². The number of benzene rings is 8.